The van der Waals surface area contributed by atoms with Crippen molar-refractivity contribution in [3.8, 4) is 5.75 Å². The number of methoxy groups -OCH3 is 1. The van der Waals surface area contributed by atoms with Crippen LogP contribution >= 0.6 is 27.7 Å². The first-order valence-electron chi connectivity index (χ1n) is 5.98. The molecule has 0 spiro atoms. The zero-order valence-corrected chi connectivity index (χ0v) is 13.0. The monoisotopic (exact) mass is 342 g/mol. The highest BCUT2D eigenvalue weighted by Crippen LogP contribution is 2.25. The predicted molar refractivity (Wildman–Crippen MR) is 81.9 cm³/mol. The molecule has 1 aromatic rings. The summed E-state index contributed by atoms with van der Waals surface area (Å²) in [6.07, 6.45) is 1.16. The number of ether oxygens (including phenoxy) is 1. The molecular formula is C13H15BrN2O2S. The Labute approximate surface area is 125 Å². The lowest BCUT2D eigenvalue weighted by Gasteiger charge is -2.07. The Kier molecular flexibility index (Phi) is 5.27. The summed E-state index contributed by atoms with van der Waals surface area (Å²) >= 11 is 5.03. The fourth-order valence-electron chi connectivity index (χ4n) is 1.72. The fourth-order valence-corrected chi connectivity index (χ4v) is 3.05. The summed E-state index contributed by atoms with van der Waals surface area (Å²) in [6.45, 7) is 0.797. The van der Waals surface area contributed by atoms with Gasteiger partial charge in [-0.3, -0.25) is 9.79 Å². The van der Waals surface area contributed by atoms with Crippen molar-refractivity contribution in [2.24, 2.45) is 4.99 Å². The van der Waals surface area contributed by atoms with Crippen molar-refractivity contribution in [3.05, 3.63) is 28.2 Å². The number of amidine groups is 1. The zero-order valence-electron chi connectivity index (χ0n) is 10.6. The summed E-state index contributed by atoms with van der Waals surface area (Å²) < 4.78 is 6.08. The summed E-state index contributed by atoms with van der Waals surface area (Å²) in [5.41, 5.74) is 1.10. The van der Waals surface area contributed by atoms with Gasteiger partial charge in [0, 0.05) is 12.2 Å². The SMILES string of the molecule is COc1ccc(CCC(=O)NC2=NCCS2)cc1Br. The molecule has 1 amide bonds. The number of halogens is 1. The molecule has 19 heavy (non-hydrogen) atoms. The van der Waals surface area contributed by atoms with E-state index in [0.717, 1.165) is 33.3 Å². The molecule has 0 saturated heterocycles. The zero-order chi connectivity index (χ0) is 13.7. The molecule has 0 bridgehead atoms. The minimum Gasteiger partial charge on any atom is -0.496 e. The van der Waals surface area contributed by atoms with Crippen LogP contribution in [0.2, 0.25) is 0 Å². The van der Waals surface area contributed by atoms with Crippen LogP contribution in [0.3, 0.4) is 0 Å². The van der Waals surface area contributed by atoms with Crippen LogP contribution in [-0.4, -0.2) is 30.5 Å². The lowest BCUT2D eigenvalue weighted by atomic mass is 10.1. The standard InChI is InChI=1S/C13H15BrN2O2S/c1-18-11-4-2-9(8-10(11)14)3-5-12(17)16-13-15-6-7-19-13/h2,4,8H,3,5-7H2,1H3,(H,15,16,17). The number of carbonyl (C=O) groups excluding carboxylic acids is 1. The van der Waals surface area contributed by atoms with Crippen molar-refractivity contribution < 1.29 is 9.53 Å². The van der Waals surface area contributed by atoms with Crippen LogP contribution in [0.25, 0.3) is 0 Å². The number of aryl methyl sites for hydroxylation is 1. The highest BCUT2D eigenvalue weighted by Gasteiger charge is 2.11. The molecule has 1 aromatic carbocycles. The Hall–Kier alpha value is -1.01. The van der Waals surface area contributed by atoms with Gasteiger partial charge in [-0.25, -0.2) is 0 Å². The van der Waals surface area contributed by atoms with Gasteiger partial charge in [0.2, 0.25) is 5.91 Å². The average molecular weight is 343 g/mol. The van der Waals surface area contributed by atoms with Crippen LogP contribution in [-0.2, 0) is 11.2 Å². The largest absolute Gasteiger partial charge is 0.496 e. The van der Waals surface area contributed by atoms with Gasteiger partial charge in [0.05, 0.1) is 18.1 Å². The van der Waals surface area contributed by atoms with Crippen molar-refractivity contribution in [3.63, 3.8) is 0 Å². The van der Waals surface area contributed by atoms with E-state index in [4.69, 9.17) is 4.74 Å². The predicted octanol–water partition coefficient (Wildman–Crippen LogP) is 2.61. The van der Waals surface area contributed by atoms with E-state index < -0.39 is 0 Å². The third kappa shape index (κ3) is 4.24. The minimum absolute atomic E-state index is 0.0140. The molecule has 2 rings (SSSR count). The first-order chi connectivity index (χ1) is 9.19. The van der Waals surface area contributed by atoms with Gasteiger partial charge < -0.3 is 10.1 Å². The molecule has 0 aromatic heterocycles. The summed E-state index contributed by atoms with van der Waals surface area (Å²) in [6, 6.07) is 5.85. The van der Waals surface area contributed by atoms with Gasteiger partial charge in [0.1, 0.15) is 5.75 Å². The average Bonchev–Trinajstić information content (AvgIpc) is 2.89. The lowest BCUT2D eigenvalue weighted by molar-refractivity contribution is -0.119. The number of hydrogen-bond acceptors (Lipinski definition) is 4. The number of benzene rings is 1. The molecule has 1 heterocycles. The maximum absolute atomic E-state index is 11.7. The van der Waals surface area contributed by atoms with E-state index in [1.54, 1.807) is 18.9 Å². The van der Waals surface area contributed by atoms with E-state index in [1.807, 2.05) is 18.2 Å². The molecule has 102 valence electrons. The molecule has 0 aliphatic carbocycles. The van der Waals surface area contributed by atoms with Crippen molar-refractivity contribution in [1.82, 2.24) is 5.32 Å². The molecule has 0 saturated carbocycles. The number of nitrogens with one attached hydrogen (secondary N) is 1. The highest BCUT2D eigenvalue weighted by molar-refractivity contribution is 9.10. The molecule has 1 aliphatic heterocycles. The van der Waals surface area contributed by atoms with Crippen molar-refractivity contribution in [2.45, 2.75) is 12.8 Å². The van der Waals surface area contributed by atoms with Crippen LogP contribution in [0.4, 0.5) is 0 Å². The minimum atomic E-state index is 0.0140. The van der Waals surface area contributed by atoms with Gasteiger partial charge in [-0.15, -0.1) is 0 Å². The van der Waals surface area contributed by atoms with E-state index in [2.05, 4.69) is 26.2 Å². The Morgan fingerprint density at radius 3 is 3.05 bits per heavy atom. The lowest BCUT2D eigenvalue weighted by Crippen LogP contribution is -2.27. The smallest absolute Gasteiger partial charge is 0.226 e. The third-order valence-electron chi connectivity index (χ3n) is 2.69. The second-order valence-corrected chi connectivity index (χ2v) is 5.99. The van der Waals surface area contributed by atoms with E-state index in [-0.39, 0.29) is 5.91 Å². The van der Waals surface area contributed by atoms with Gasteiger partial charge in [-0.05, 0) is 40.0 Å². The Morgan fingerprint density at radius 2 is 2.42 bits per heavy atom. The van der Waals surface area contributed by atoms with Gasteiger partial charge in [-0.2, -0.15) is 0 Å². The maximum Gasteiger partial charge on any atom is 0.226 e. The number of hydrogen-bond donors (Lipinski definition) is 1. The number of nitrogens with zero attached hydrogens (tertiary/aromatic N) is 1. The third-order valence-corrected chi connectivity index (χ3v) is 4.20. The van der Waals surface area contributed by atoms with Crippen LogP contribution in [0, 0.1) is 0 Å². The normalized spacial score (nSPS) is 14.1. The molecular weight excluding hydrogens is 328 g/mol. The van der Waals surface area contributed by atoms with Crippen molar-refractivity contribution >= 4 is 38.8 Å². The topological polar surface area (TPSA) is 50.7 Å². The Morgan fingerprint density at radius 1 is 1.58 bits per heavy atom. The van der Waals surface area contributed by atoms with Crippen LogP contribution in [0.5, 0.6) is 5.75 Å². The molecule has 0 atom stereocenters. The molecule has 4 nitrogen and oxygen atoms in total. The quantitative estimate of drug-likeness (QED) is 0.914. The first kappa shape index (κ1) is 14.4. The van der Waals surface area contributed by atoms with Crippen LogP contribution in [0.1, 0.15) is 12.0 Å². The second kappa shape index (κ2) is 6.96. The highest BCUT2D eigenvalue weighted by atomic mass is 79.9. The van der Waals surface area contributed by atoms with Gasteiger partial charge in [0.15, 0.2) is 5.17 Å². The van der Waals surface area contributed by atoms with E-state index in [9.17, 15) is 4.79 Å². The molecule has 0 unspecified atom stereocenters. The number of amides is 1. The first-order valence-corrected chi connectivity index (χ1v) is 7.76. The molecule has 0 fully saturated rings. The van der Waals surface area contributed by atoms with Gasteiger partial charge in [-0.1, -0.05) is 17.8 Å². The molecule has 0 radical (unpaired) electrons. The van der Waals surface area contributed by atoms with E-state index in [1.165, 1.54) is 0 Å². The summed E-state index contributed by atoms with van der Waals surface area (Å²) in [5.74, 6) is 1.77. The van der Waals surface area contributed by atoms with Crippen LogP contribution < -0.4 is 10.1 Å². The van der Waals surface area contributed by atoms with Crippen LogP contribution in [0.15, 0.2) is 27.7 Å². The summed E-state index contributed by atoms with van der Waals surface area (Å²) in [4.78, 5) is 15.9. The molecule has 1 N–H and O–H groups in total. The number of carbonyl (C=O) groups is 1. The van der Waals surface area contributed by atoms with Crippen molar-refractivity contribution in [1.29, 1.82) is 0 Å². The molecule has 6 heteroatoms. The number of aliphatic imine (C=N–C) groups is 1. The number of thioether (sulfide) groups is 1. The summed E-state index contributed by atoms with van der Waals surface area (Å²) in [7, 11) is 1.63. The van der Waals surface area contributed by atoms with Gasteiger partial charge in [0.25, 0.3) is 0 Å². The Bertz CT molecular complexity index is 505. The second-order valence-electron chi connectivity index (χ2n) is 4.05. The van der Waals surface area contributed by atoms with E-state index >= 15 is 0 Å². The summed E-state index contributed by atoms with van der Waals surface area (Å²) in [5, 5.41) is 3.57. The van der Waals surface area contributed by atoms with Crippen molar-refractivity contribution in [2.75, 3.05) is 19.4 Å². The fraction of sp³-hybridized carbons (Fsp3) is 0.385. The number of rotatable bonds is 4. The molecule has 1 aliphatic rings. The Balaban J connectivity index is 1.84. The van der Waals surface area contributed by atoms with Gasteiger partial charge >= 0.3 is 0 Å². The maximum atomic E-state index is 11.7. The van der Waals surface area contributed by atoms with E-state index in [0.29, 0.717) is 12.8 Å².